The highest BCUT2D eigenvalue weighted by molar-refractivity contribution is 6.48. The van der Waals surface area contributed by atoms with Crippen LogP contribution in [-0.2, 0) is 71.6 Å². The molecule has 10 rings (SSSR count). The molecule has 3 unspecified atom stereocenters. The first kappa shape index (κ1) is 69.1. The minimum atomic E-state index is -2.04. The smallest absolute Gasteiger partial charge is 0.348 e. The fourth-order valence-electron chi connectivity index (χ4n) is 9.98. The van der Waals surface area contributed by atoms with Crippen molar-refractivity contribution in [3.63, 3.8) is 0 Å². The van der Waals surface area contributed by atoms with Crippen LogP contribution in [0.1, 0.15) is 66.7 Å². The molecule has 89 heavy (non-hydrogen) atoms. The van der Waals surface area contributed by atoms with Crippen molar-refractivity contribution < 1.29 is 86.9 Å². The van der Waals surface area contributed by atoms with E-state index in [1.165, 1.54) is 19.6 Å². The van der Waals surface area contributed by atoms with Gasteiger partial charge in [0, 0.05) is 86.8 Å². The lowest BCUT2D eigenvalue weighted by molar-refractivity contribution is -0.169. The first-order valence-corrected chi connectivity index (χ1v) is 29.5. The minimum absolute atomic E-state index is 0.0551. The van der Waals surface area contributed by atoms with Gasteiger partial charge < -0.3 is 63.5 Å². The van der Waals surface area contributed by atoms with Crippen molar-refractivity contribution >= 4 is 99.4 Å². The molecule has 5 fully saturated rings. The Morgan fingerprint density at radius 3 is 0.933 bits per heavy atom. The van der Waals surface area contributed by atoms with Crippen molar-refractivity contribution in [1.29, 1.82) is 0 Å². The van der Waals surface area contributed by atoms with E-state index in [0.717, 1.165) is 11.4 Å². The zero-order chi connectivity index (χ0) is 64.9. The Kier molecular flexibility index (Phi) is 24.6. The molecule has 0 spiro atoms. The Balaban J connectivity index is 0.000000177. The molecule has 0 aliphatic carbocycles. The summed E-state index contributed by atoms with van der Waals surface area (Å²) in [4.78, 5) is 125. The van der Waals surface area contributed by atoms with E-state index in [4.69, 9.17) is 35.3 Å². The summed E-state index contributed by atoms with van der Waals surface area (Å²) in [7, 11) is 0. The van der Waals surface area contributed by atoms with Crippen LogP contribution < -0.4 is 24.5 Å². The molecule has 3 N–H and O–H groups in total. The summed E-state index contributed by atoms with van der Waals surface area (Å²) in [5.74, 6) is -6.72. The molecule has 5 saturated heterocycles. The van der Waals surface area contributed by atoms with Crippen LogP contribution in [0.3, 0.4) is 0 Å². The van der Waals surface area contributed by atoms with Crippen LogP contribution in [0, 0.1) is 5.92 Å². The van der Waals surface area contributed by atoms with E-state index >= 15 is 0 Å². The highest BCUT2D eigenvalue weighted by Gasteiger charge is 2.56. The van der Waals surface area contributed by atoms with Gasteiger partial charge in [-0.2, -0.15) is 0 Å². The lowest BCUT2D eigenvalue weighted by Crippen LogP contribution is -2.47. The first-order valence-electron chi connectivity index (χ1n) is 29.2. The number of carbonyl (C=O) groups excluding carboxylic acids is 10. The zero-order valence-electron chi connectivity index (χ0n) is 50.2. The third-order valence-corrected chi connectivity index (χ3v) is 15.2. The zero-order valence-corrected chi connectivity index (χ0v) is 51.0. The van der Waals surface area contributed by atoms with Crippen molar-refractivity contribution in [1.82, 2.24) is 0 Å². The molecule has 0 bridgehead atoms. The van der Waals surface area contributed by atoms with Gasteiger partial charge in [-0.15, -0.1) is 0 Å². The Morgan fingerprint density at radius 1 is 0.382 bits per heavy atom. The highest BCUT2D eigenvalue weighted by Crippen LogP contribution is 2.36. The summed E-state index contributed by atoms with van der Waals surface area (Å²) in [5.41, 5.74) is -2.52. The molecular formula is C65H74ClN5O18. The van der Waals surface area contributed by atoms with Crippen LogP contribution in [0.4, 0.5) is 28.4 Å². The normalized spacial score (nSPS) is 22.5. The van der Waals surface area contributed by atoms with Crippen molar-refractivity contribution in [2.24, 2.45) is 5.92 Å². The van der Waals surface area contributed by atoms with E-state index in [-0.39, 0.29) is 58.0 Å². The van der Waals surface area contributed by atoms with Gasteiger partial charge in [0.2, 0.25) is 27.6 Å². The van der Waals surface area contributed by atoms with E-state index in [9.17, 15) is 63.3 Å². The molecule has 5 aliphatic heterocycles. The second-order valence-corrected chi connectivity index (χ2v) is 21.0. The largest absolute Gasteiger partial charge is 0.465 e. The summed E-state index contributed by atoms with van der Waals surface area (Å²) in [5, 5.41) is 30.4. The topological polar surface area (TPSA) is 294 Å². The lowest BCUT2D eigenvalue weighted by atomic mass is 10.0. The van der Waals surface area contributed by atoms with Crippen LogP contribution in [0.2, 0.25) is 0 Å². The van der Waals surface area contributed by atoms with E-state index in [2.05, 4.69) is 0 Å². The molecule has 474 valence electrons. The van der Waals surface area contributed by atoms with Crippen LogP contribution >= 0.6 is 11.6 Å². The number of anilines is 5. The third kappa shape index (κ3) is 16.0. The van der Waals surface area contributed by atoms with Gasteiger partial charge in [-0.25, -0.2) is 19.2 Å². The highest BCUT2D eigenvalue weighted by atomic mass is 35.5. The lowest BCUT2D eigenvalue weighted by Gasteiger charge is -2.20. The maximum atomic E-state index is 12.2. The van der Waals surface area contributed by atoms with Gasteiger partial charge in [-0.05, 0) is 102 Å². The van der Waals surface area contributed by atoms with Gasteiger partial charge in [-0.1, -0.05) is 103 Å². The predicted octanol–water partition coefficient (Wildman–Crippen LogP) is 5.72. The fourth-order valence-corrected chi connectivity index (χ4v) is 10.2. The number of carbonyl (C=O) groups is 10. The molecule has 23 nitrogen and oxygen atoms in total. The number of esters is 5. The van der Waals surface area contributed by atoms with Gasteiger partial charge >= 0.3 is 29.8 Å². The third-order valence-electron chi connectivity index (χ3n) is 14.7. The SMILES string of the molecule is CCOC(=O)C1(Cl)CCN(c2ccccc2)C1=O.CCOC(=O)C1(O)CCN(c2ccccc2)C1=O.CCOC(=O)C1CCN(c2ccccc2)C1=O.CCOC(=O)[C@@]1(O)CCN(c2ccccc2)C1=O.CCOC(=O)[C@]1(O)CCN(c2ccccc2)C1=O. The summed E-state index contributed by atoms with van der Waals surface area (Å²) in [6, 6.07) is 45.4. The number of nitrogens with zero attached hydrogens (tertiary/aromatic N) is 5. The average Bonchev–Trinajstić information content (AvgIpc) is 1.84. The Morgan fingerprint density at radius 2 is 0.640 bits per heavy atom. The number of hydrogen-bond acceptors (Lipinski definition) is 18. The van der Waals surface area contributed by atoms with Gasteiger partial charge in [0.25, 0.3) is 23.6 Å². The monoisotopic (exact) mass is 1250 g/mol. The van der Waals surface area contributed by atoms with Gasteiger partial charge in [0.05, 0.1) is 33.0 Å². The molecule has 0 saturated carbocycles. The number of halogens is 1. The summed E-state index contributed by atoms with van der Waals surface area (Å²) in [6.45, 7) is 11.2. The summed E-state index contributed by atoms with van der Waals surface area (Å²) in [6.07, 6.45) is 0.965. The average molecular weight is 1250 g/mol. The van der Waals surface area contributed by atoms with E-state index < -0.39 is 81.1 Å². The number of ether oxygens (including phenoxy) is 5. The molecule has 5 aromatic carbocycles. The standard InChI is InChI=1S/C13H14ClNO3.3C13H15NO4.C13H15NO3/c1-2-18-12(17)13(14)8-9-15(11(13)16)10-6-4-3-5-7-10;3*1-2-18-12(16)13(17)8-9-14(11(13)15)10-6-4-3-5-7-10;1-2-17-13(16)11-8-9-14(12(11)15)10-6-4-3-5-7-10/h3-7H,2,8-9H2,1H3;3*3-7,17H,2,8-9H2,1H3;3-7,11H,2,8-9H2,1H3/t;2*13-;;/m.10../s1. The Hall–Kier alpha value is -9.03. The first-order chi connectivity index (χ1) is 42.6. The van der Waals surface area contributed by atoms with Crippen LogP contribution in [0.5, 0.6) is 0 Å². The molecule has 5 heterocycles. The minimum Gasteiger partial charge on any atom is -0.465 e. The molecule has 5 atom stereocenters. The second-order valence-electron chi connectivity index (χ2n) is 20.4. The number of hydrogen-bond donors (Lipinski definition) is 3. The molecule has 24 heteroatoms. The second kappa shape index (κ2) is 31.7. The number of alkyl halides is 1. The summed E-state index contributed by atoms with van der Waals surface area (Å²) >= 11 is 6.13. The number of para-hydroxylation sites is 5. The molecule has 0 aromatic heterocycles. The van der Waals surface area contributed by atoms with Gasteiger partial charge in [-0.3, -0.25) is 28.8 Å². The van der Waals surface area contributed by atoms with Crippen molar-refractivity contribution in [3.05, 3.63) is 152 Å². The fraction of sp³-hybridized carbons (Fsp3) is 0.385. The van der Waals surface area contributed by atoms with Crippen molar-refractivity contribution in [2.75, 3.05) is 90.3 Å². The maximum Gasteiger partial charge on any atom is 0.348 e. The van der Waals surface area contributed by atoms with E-state index in [0.29, 0.717) is 62.8 Å². The van der Waals surface area contributed by atoms with Crippen LogP contribution in [-0.4, -0.2) is 162 Å². The van der Waals surface area contributed by atoms with Crippen molar-refractivity contribution in [2.45, 2.75) is 88.4 Å². The number of benzene rings is 5. The predicted molar refractivity (Wildman–Crippen MR) is 327 cm³/mol. The number of aliphatic hydroxyl groups is 3. The van der Waals surface area contributed by atoms with E-state index in [1.807, 2.05) is 78.9 Å². The number of amides is 5. The van der Waals surface area contributed by atoms with Crippen LogP contribution in [0.15, 0.2) is 152 Å². The van der Waals surface area contributed by atoms with Gasteiger partial charge in [0.15, 0.2) is 0 Å². The quantitative estimate of drug-likeness (QED) is 0.0489. The van der Waals surface area contributed by atoms with E-state index in [1.54, 1.807) is 112 Å². The maximum absolute atomic E-state index is 12.2. The molecular weight excluding hydrogens is 1170 g/mol. The molecule has 5 aliphatic rings. The van der Waals surface area contributed by atoms with Crippen LogP contribution in [0.25, 0.3) is 0 Å². The number of rotatable bonds is 15. The van der Waals surface area contributed by atoms with Gasteiger partial charge in [0.1, 0.15) is 5.92 Å². The summed E-state index contributed by atoms with van der Waals surface area (Å²) < 4.78 is 24.0. The molecule has 5 amide bonds. The Bertz CT molecular complexity index is 2910. The molecule has 0 radical (unpaired) electrons. The Labute approximate surface area is 520 Å². The van der Waals surface area contributed by atoms with Crippen molar-refractivity contribution in [3.8, 4) is 0 Å². The molecule has 5 aromatic rings.